The van der Waals surface area contributed by atoms with Crippen LogP contribution < -0.4 is 4.72 Å². The van der Waals surface area contributed by atoms with Crippen LogP contribution in [0.2, 0.25) is 5.02 Å². The maximum absolute atomic E-state index is 13.2. The number of hydrogen-bond donors (Lipinski definition) is 1. The number of rotatable bonds is 6. The van der Waals surface area contributed by atoms with Gasteiger partial charge in [0.25, 0.3) is 0 Å². The Morgan fingerprint density at radius 3 is 2.32 bits per heavy atom. The summed E-state index contributed by atoms with van der Waals surface area (Å²) in [5, 5.41) is -0.354. The highest BCUT2D eigenvalue weighted by atomic mass is 35.5. The first-order valence-electron chi connectivity index (χ1n) is 8.12. The van der Waals surface area contributed by atoms with E-state index in [0.29, 0.717) is 5.02 Å². The van der Waals surface area contributed by atoms with Gasteiger partial charge in [-0.25, -0.2) is 25.9 Å². The number of hydrogen-bond acceptors (Lipinski definition) is 5. The van der Waals surface area contributed by atoms with Crippen molar-refractivity contribution in [2.75, 3.05) is 19.6 Å². The zero-order chi connectivity index (χ0) is 20.5. The van der Waals surface area contributed by atoms with Crippen molar-refractivity contribution in [3.8, 4) is 0 Å². The van der Waals surface area contributed by atoms with Crippen LogP contribution in [0.1, 0.15) is 0 Å². The summed E-state index contributed by atoms with van der Waals surface area (Å²) < 4.78 is 64.5. The van der Waals surface area contributed by atoms with Crippen molar-refractivity contribution in [2.24, 2.45) is 0 Å². The Morgan fingerprint density at radius 1 is 1.07 bits per heavy atom. The molecule has 2 aromatic rings. The molecule has 1 amide bonds. The van der Waals surface area contributed by atoms with E-state index in [1.165, 1.54) is 41.3 Å². The first-order chi connectivity index (χ1) is 13.1. The van der Waals surface area contributed by atoms with Crippen LogP contribution in [-0.2, 0) is 24.7 Å². The van der Waals surface area contributed by atoms with E-state index in [4.69, 9.17) is 11.6 Å². The lowest BCUT2D eigenvalue weighted by Gasteiger charge is -2.38. The summed E-state index contributed by atoms with van der Waals surface area (Å²) in [6.07, 6.45) is 0. The smallest absolute Gasteiger partial charge is 0.241 e. The van der Waals surface area contributed by atoms with Crippen molar-refractivity contribution >= 4 is 37.4 Å². The second-order valence-corrected chi connectivity index (χ2v) is 10.6. The van der Waals surface area contributed by atoms with Crippen LogP contribution in [0.5, 0.6) is 0 Å². The standard InChI is InChI=1S/C17H16ClFN2O5S2/c18-12-4-6-14(7-5-12)27(23,24)16-10-21(11-16)17(22)9-20-28(25,26)15-3-1-2-13(19)8-15/h1-8,16,20H,9-11H2. The van der Waals surface area contributed by atoms with Crippen LogP contribution in [0, 0.1) is 5.82 Å². The largest absolute Gasteiger partial charge is 0.339 e. The number of amides is 1. The number of nitrogens with one attached hydrogen (secondary N) is 1. The number of carbonyl (C=O) groups excluding carboxylic acids is 1. The summed E-state index contributed by atoms with van der Waals surface area (Å²) in [7, 11) is -7.66. The molecule has 0 saturated carbocycles. The van der Waals surface area contributed by atoms with Crippen molar-refractivity contribution in [2.45, 2.75) is 15.0 Å². The Balaban J connectivity index is 1.57. The summed E-state index contributed by atoms with van der Waals surface area (Å²) >= 11 is 5.75. The van der Waals surface area contributed by atoms with Crippen molar-refractivity contribution in [3.63, 3.8) is 0 Å². The molecule has 150 valence electrons. The maximum Gasteiger partial charge on any atom is 0.241 e. The molecule has 1 aliphatic rings. The van der Waals surface area contributed by atoms with Gasteiger partial charge in [0.2, 0.25) is 15.9 Å². The van der Waals surface area contributed by atoms with E-state index < -0.39 is 43.4 Å². The van der Waals surface area contributed by atoms with E-state index in [9.17, 15) is 26.0 Å². The fourth-order valence-corrected chi connectivity index (χ4v) is 5.43. The highest BCUT2D eigenvalue weighted by Crippen LogP contribution is 2.25. The molecule has 0 bridgehead atoms. The highest BCUT2D eigenvalue weighted by molar-refractivity contribution is 7.92. The molecule has 1 heterocycles. The third-order valence-corrected chi connectivity index (χ3v) is 8.06. The molecule has 1 saturated heterocycles. The molecule has 0 spiro atoms. The molecular formula is C17H16ClFN2O5S2. The zero-order valence-electron chi connectivity index (χ0n) is 14.4. The lowest BCUT2D eigenvalue weighted by atomic mass is 10.2. The van der Waals surface area contributed by atoms with Gasteiger partial charge in [-0.05, 0) is 42.5 Å². The minimum absolute atomic E-state index is 0.0362. The minimum Gasteiger partial charge on any atom is -0.339 e. The molecule has 11 heteroatoms. The molecule has 0 radical (unpaired) electrons. The Bertz CT molecular complexity index is 1100. The summed E-state index contributed by atoms with van der Waals surface area (Å²) in [6.45, 7) is -0.621. The maximum atomic E-state index is 13.2. The quantitative estimate of drug-likeness (QED) is 0.723. The molecule has 0 unspecified atom stereocenters. The van der Waals surface area contributed by atoms with E-state index in [1.54, 1.807) is 0 Å². The predicted molar refractivity (Wildman–Crippen MR) is 101 cm³/mol. The second-order valence-electron chi connectivity index (χ2n) is 6.20. The summed E-state index contributed by atoms with van der Waals surface area (Å²) in [5.41, 5.74) is 0. The Kier molecular flexibility index (Phi) is 5.76. The zero-order valence-corrected chi connectivity index (χ0v) is 16.8. The Labute approximate surface area is 167 Å². The first-order valence-corrected chi connectivity index (χ1v) is 11.5. The first kappa shape index (κ1) is 20.7. The van der Waals surface area contributed by atoms with Crippen molar-refractivity contribution in [1.29, 1.82) is 0 Å². The van der Waals surface area contributed by atoms with Gasteiger partial charge in [-0.3, -0.25) is 4.79 Å². The number of sulfone groups is 1. The molecule has 0 aromatic heterocycles. The number of carbonyl (C=O) groups is 1. The monoisotopic (exact) mass is 446 g/mol. The van der Waals surface area contributed by atoms with Gasteiger partial charge >= 0.3 is 0 Å². The fourth-order valence-electron chi connectivity index (χ4n) is 2.64. The average molecular weight is 447 g/mol. The van der Waals surface area contributed by atoms with Crippen molar-refractivity contribution < 1.29 is 26.0 Å². The van der Waals surface area contributed by atoms with Gasteiger partial charge in [-0.1, -0.05) is 17.7 Å². The number of likely N-dealkylation sites (tertiary alicyclic amines) is 1. The molecule has 1 fully saturated rings. The average Bonchev–Trinajstić information content (AvgIpc) is 2.59. The SMILES string of the molecule is O=C(CNS(=O)(=O)c1cccc(F)c1)N1CC(S(=O)(=O)c2ccc(Cl)cc2)C1. The molecule has 1 aliphatic heterocycles. The molecule has 0 aliphatic carbocycles. The lowest BCUT2D eigenvalue weighted by molar-refractivity contribution is -0.133. The van der Waals surface area contributed by atoms with Crippen LogP contribution in [0.25, 0.3) is 0 Å². The topological polar surface area (TPSA) is 101 Å². The van der Waals surface area contributed by atoms with E-state index >= 15 is 0 Å². The van der Waals surface area contributed by atoms with Crippen molar-refractivity contribution in [3.05, 3.63) is 59.4 Å². The fraction of sp³-hybridized carbons (Fsp3) is 0.235. The lowest BCUT2D eigenvalue weighted by Crippen LogP contribution is -2.58. The number of nitrogens with zero attached hydrogens (tertiary/aromatic N) is 1. The summed E-state index contributed by atoms with van der Waals surface area (Å²) in [6, 6.07) is 10.1. The van der Waals surface area contributed by atoms with E-state index in [-0.39, 0.29) is 22.9 Å². The molecule has 2 aromatic carbocycles. The van der Waals surface area contributed by atoms with Gasteiger partial charge in [0.1, 0.15) is 11.1 Å². The Hall–Kier alpha value is -2.01. The van der Waals surface area contributed by atoms with Crippen LogP contribution in [0.3, 0.4) is 0 Å². The van der Waals surface area contributed by atoms with E-state index in [2.05, 4.69) is 4.72 Å². The van der Waals surface area contributed by atoms with Gasteiger partial charge in [-0.2, -0.15) is 0 Å². The number of sulfonamides is 1. The van der Waals surface area contributed by atoms with Crippen LogP contribution in [-0.4, -0.2) is 52.5 Å². The predicted octanol–water partition coefficient (Wildman–Crippen LogP) is 1.44. The summed E-state index contributed by atoms with van der Waals surface area (Å²) in [4.78, 5) is 13.2. The minimum atomic E-state index is -4.05. The summed E-state index contributed by atoms with van der Waals surface area (Å²) in [5.74, 6) is -1.28. The van der Waals surface area contributed by atoms with E-state index in [0.717, 1.165) is 12.1 Å². The van der Waals surface area contributed by atoms with Gasteiger partial charge < -0.3 is 4.90 Å². The van der Waals surface area contributed by atoms with Crippen molar-refractivity contribution in [1.82, 2.24) is 9.62 Å². The highest BCUT2D eigenvalue weighted by Gasteiger charge is 2.40. The third-order valence-electron chi connectivity index (χ3n) is 4.30. The number of halogens is 2. The molecule has 3 rings (SSSR count). The second kappa shape index (κ2) is 7.78. The van der Waals surface area contributed by atoms with Gasteiger partial charge in [0.15, 0.2) is 9.84 Å². The van der Waals surface area contributed by atoms with Crippen LogP contribution in [0.4, 0.5) is 4.39 Å². The molecular weight excluding hydrogens is 431 g/mol. The third kappa shape index (κ3) is 4.35. The molecule has 28 heavy (non-hydrogen) atoms. The van der Waals surface area contributed by atoms with Gasteiger partial charge in [0.05, 0.1) is 16.3 Å². The van der Waals surface area contributed by atoms with Gasteiger partial charge in [-0.15, -0.1) is 0 Å². The molecule has 0 atom stereocenters. The van der Waals surface area contributed by atoms with Crippen LogP contribution in [0.15, 0.2) is 58.3 Å². The number of benzene rings is 2. The van der Waals surface area contributed by atoms with E-state index in [1.807, 2.05) is 0 Å². The molecule has 1 N–H and O–H groups in total. The van der Waals surface area contributed by atoms with Crippen LogP contribution >= 0.6 is 11.6 Å². The molecule has 7 nitrogen and oxygen atoms in total. The normalized spacial score (nSPS) is 15.3. The Morgan fingerprint density at radius 2 is 1.71 bits per heavy atom. The van der Waals surface area contributed by atoms with Gasteiger partial charge in [0, 0.05) is 18.1 Å².